The van der Waals surface area contributed by atoms with E-state index < -0.39 is 5.97 Å². The summed E-state index contributed by atoms with van der Waals surface area (Å²) in [5, 5.41) is 10.3. The minimum absolute atomic E-state index is 0.0601. The number of carboxylic acid groups (broad SMARTS) is 1. The zero-order chi connectivity index (χ0) is 15.0. The number of carboxylic acids is 1. The molecule has 1 saturated heterocycles. The first-order valence-corrected chi connectivity index (χ1v) is 7.86. The lowest BCUT2D eigenvalue weighted by molar-refractivity contribution is -0.142. The van der Waals surface area contributed by atoms with Gasteiger partial charge in [0.15, 0.2) is 0 Å². The summed E-state index contributed by atoms with van der Waals surface area (Å²) in [7, 11) is 0. The molecular weight excluding hydrogens is 332 g/mol. The van der Waals surface area contributed by atoms with Gasteiger partial charge in [-0.1, -0.05) is 28.1 Å². The number of nitrogens with zero attached hydrogens (tertiary/aromatic N) is 2. The monoisotopic (exact) mass is 348 g/mol. The van der Waals surface area contributed by atoms with E-state index >= 15 is 0 Å². The van der Waals surface area contributed by atoms with Gasteiger partial charge in [0.2, 0.25) is 0 Å². The van der Waals surface area contributed by atoms with Crippen LogP contribution in [0.25, 0.3) is 10.9 Å². The number of carbonyl (C=O) groups is 1. The van der Waals surface area contributed by atoms with Crippen molar-refractivity contribution in [2.24, 2.45) is 5.92 Å². The maximum absolute atomic E-state index is 11.2. The molecule has 0 saturated carbocycles. The van der Waals surface area contributed by atoms with Crippen LogP contribution in [0.4, 0.5) is 0 Å². The van der Waals surface area contributed by atoms with Gasteiger partial charge in [-0.3, -0.25) is 14.7 Å². The Kier molecular flexibility index (Phi) is 3.95. The van der Waals surface area contributed by atoms with Crippen LogP contribution in [0.15, 0.2) is 34.9 Å². The summed E-state index contributed by atoms with van der Waals surface area (Å²) >= 11 is 3.55. The topological polar surface area (TPSA) is 53.4 Å². The van der Waals surface area contributed by atoms with Crippen LogP contribution in [-0.4, -0.2) is 33.5 Å². The second-order valence-corrected chi connectivity index (χ2v) is 6.40. The summed E-state index contributed by atoms with van der Waals surface area (Å²) in [6.07, 6.45) is 2.52. The van der Waals surface area contributed by atoms with Gasteiger partial charge in [-0.05, 0) is 37.6 Å². The molecule has 0 spiro atoms. The summed E-state index contributed by atoms with van der Waals surface area (Å²) in [5.74, 6) is -0.955. The molecule has 1 aromatic carbocycles. The fourth-order valence-corrected chi connectivity index (χ4v) is 3.55. The summed E-state index contributed by atoms with van der Waals surface area (Å²) in [6, 6.07) is 8.14. The molecule has 110 valence electrons. The molecule has 4 nitrogen and oxygen atoms in total. The van der Waals surface area contributed by atoms with Gasteiger partial charge in [0.25, 0.3) is 0 Å². The molecule has 0 aliphatic carbocycles. The molecule has 1 fully saturated rings. The average molecular weight is 349 g/mol. The number of hydrogen-bond acceptors (Lipinski definition) is 3. The summed E-state index contributed by atoms with van der Waals surface area (Å²) in [4.78, 5) is 17.9. The van der Waals surface area contributed by atoms with Gasteiger partial charge >= 0.3 is 5.97 Å². The first-order chi connectivity index (χ1) is 10.1. The number of rotatable bonds is 3. The molecule has 5 heteroatoms. The Morgan fingerprint density at radius 1 is 1.48 bits per heavy atom. The third-order valence-corrected chi connectivity index (χ3v) is 5.07. The summed E-state index contributed by atoms with van der Waals surface area (Å²) in [6.45, 7) is 3.56. The van der Waals surface area contributed by atoms with E-state index in [1.165, 1.54) is 0 Å². The number of fused-ring (bicyclic) bond motifs is 1. The van der Waals surface area contributed by atoms with Crippen molar-refractivity contribution < 1.29 is 9.90 Å². The van der Waals surface area contributed by atoms with E-state index in [1.807, 2.05) is 25.1 Å². The first-order valence-electron chi connectivity index (χ1n) is 7.07. The molecular formula is C16H17BrN2O2. The highest BCUT2D eigenvalue weighted by atomic mass is 79.9. The molecule has 0 radical (unpaired) electrons. The third-order valence-electron chi connectivity index (χ3n) is 4.38. The lowest BCUT2D eigenvalue weighted by Crippen LogP contribution is -2.32. The van der Waals surface area contributed by atoms with Crippen LogP contribution in [0.3, 0.4) is 0 Å². The Hall–Kier alpha value is -1.46. The number of pyridine rings is 1. The molecule has 21 heavy (non-hydrogen) atoms. The molecule has 1 aromatic heterocycles. The average Bonchev–Trinajstić information content (AvgIpc) is 2.84. The van der Waals surface area contributed by atoms with Gasteiger partial charge in [-0.2, -0.15) is 0 Å². The van der Waals surface area contributed by atoms with Gasteiger partial charge in [-0.25, -0.2) is 0 Å². The third kappa shape index (κ3) is 2.68. The molecule has 2 unspecified atom stereocenters. The smallest absolute Gasteiger partial charge is 0.308 e. The van der Waals surface area contributed by atoms with Crippen molar-refractivity contribution in [3.8, 4) is 0 Å². The van der Waals surface area contributed by atoms with Crippen molar-refractivity contribution in [2.75, 3.05) is 6.54 Å². The molecule has 1 aliphatic heterocycles. The van der Waals surface area contributed by atoms with Gasteiger partial charge < -0.3 is 5.11 Å². The van der Waals surface area contributed by atoms with Crippen LogP contribution in [0, 0.1) is 5.92 Å². The van der Waals surface area contributed by atoms with Crippen molar-refractivity contribution in [1.82, 2.24) is 9.88 Å². The summed E-state index contributed by atoms with van der Waals surface area (Å²) < 4.78 is 1.03. The van der Waals surface area contributed by atoms with E-state index in [0.29, 0.717) is 0 Å². The fourth-order valence-electron chi connectivity index (χ4n) is 3.10. The second kappa shape index (κ2) is 5.73. The minimum atomic E-state index is -0.691. The Balaban J connectivity index is 1.90. The van der Waals surface area contributed by atoms with E-state index in [-0.39, 0.29) is 12.0 Å². The quantitative estimate of drug-likeness (QED) is 0.924. The standard InChI is InChI=1S/C16H17BrN2O2/c1-10-12(16(20)21)6-8-19(10)9-11-4-5-14(17)13-3-2-7-18-15(11)13/h2-5,7,10,12H,6,8-9H2,1H3,(H,20,21). The Labute approximate surface area is 131 Å². The van der Waals surface area contributed by atoms with Crippen LogP contribution in [-0.2, 0) is 11.3 Å². The van der Waals surface area contributed by atoms with Crippen molar-refractivity contribution >= 4 is 32.8 Å². The van der Waals surface area contributed by atoms with E-state index in [4.69, 9.17) is 0 Å². The van der Waals surface area contributed by atoms with E-state index in [1.54, 1.807) is 6.20 Å². The molecule has 2 heterocycles. The highest BCUT2D eigenvalue weighted by Crippen LogP contribution is 2.30. The van der Waals surface area contributed by atoms with Gasteiger partial charge in [0.1, 0.15) is 0 Å². The van der Waals surface area contributed by atoms with Crippen LogP contribution < -0.4 is 0 Å². The van der Waals surface area contributed by atoms with E-state index in [9.17, 15) is 9.90 Å². The van der Waals surface area contributed by atoms with Crippen molar-refractivity contribution in [3.05, 3.63) is 40.5 Å². The lowest BCUT2D eigenvalue weighted by atomic mass is 10.0. The lowest BCUT2D eigenvalue weighted by Gasteiger charge is -2.23. The second-order valence-electron chi connectivity index (χ2n) is 5.55. The summed E-state index contributed by atoms with van der Waals surface area (Å²) in [5.41, 5.74) is 2.13. The largest absolute Gasteiger partial charge is 0.481 e. The van der Waals surface area contributed by atoms with Crippen LogP contribution in [0.5, 0.6) is 0 Å². The zero-order valence-corrected chi connectivity index (χ0v) is 13.4. The molecule has 2 aromatic rings. The predicted octanol–water partition coefficient (Wildman–Crippen LogP) is 3.29. The van der Waals surface area contributed by atoms with Crippen molar-refractivity contribution in [2.45, 2.75) is 25.9 Å². The highest BCUT2D eigenvalue weighted by Gasteiger charge is 2.35. The number of benzene rings is 1. The Bertz CT molecular complexity index is 689. The minimum Gasteiger partial charge on any atom is -0.481 e. The maximum Gasteiger partial charge on any atom is 0.308 e. The molecule has 1 N–H and O–H groups in total. The van der Waals surface area contributed by atoms with E-state index in [0.717, 1.165) is 40.4 Å². The Morgan fingerprint density at radius 2 is 2.29 bits per heavy atom. The number of aromatic nitrogens is 1. The number of hydrogen-bond donors (Lipinski definition) is 1. The van der Waals surface area contributed by atoms with Gasteiger partial charge in [0, 0.05) is 28.6 Å². The molecule has 0 amide bonds. The molecule has 2 atom stereocenters. The Morgan fingerprint density at radius 3 is 3.00 bits per heavy atom. The van der Waals surface area contributed by atoms with Crippen molar-refractivity contribution in [3.63, 3.8) is 0 Å². The van der Waals surface area contributed by atoms with Crippen LogP contribution in [0.1, 0.15) is 18.9 Å². The van der Waals surface area contributed by atoms with E-state index in [2.05, 4.69) is 31.9 Å². The molecule has 0 bridgehead atoms. The number of aliphatic carboxylic acids is 1. The first kappa shape index (κ1) is 14.5. The predicted molar refractivity (Wildman–Crippen MR) is 85.1 cm³/mol. The van der Waals surface area contributed by atoms with Crippen LogP contribution >= 0.6 is 15.9 Å². The van der Waals surface area contributed by atoms with Crippen LogP contribution in [0.2, 0.25) is 0 Å². The van der Waals surface area contributed by atoms with Gasteiger partial charge in [-0.15, -0.1) is 0 Å². The zero-order valence-electron chi connectivity index (χ0n) is 11.8. The highest BCUT2D eigenvalue weighted by molar-refractivity contribution is 9.10. The number of likely N-dealkylation sites (tertiary alicyclic amines) is 1. The maximum atomic E-state index is 11.2. The molecule has 1 aliphatic rings. The fraction of sp³-hybridized carbons (Fsp3) is 0.375. The normalized spacial score (nSPS) is 22.8. The molecule has 3 rings (SSSR count). The van der Waals surface area contributed by atoms with Gasteiger partial charge in [0.05, 0.1) is 11.4 Å². The number of halogens is 1. The SMILES string of the molecule is CC1C(C(=O)O)CCN1Cc1ccc(Br)c2cccnc12. The van der Waals surface area contributed by atoms with Crippen molar-refractivity contribution in [1.29, 1.82) is 0 Å².